The number of esters is 4. The van der Waals surface area contributed by atoms with Gasteiger partial charge in [-0.1, -0.05) is 70.6 Å². The molecule has 4 aromatic carbocycles. The molecule has 61 heavy (non-hydrogen) atoms. The molecule has 0 N–H and O–H groups in total. The third kappa shape index (κ3) is 13.0. The first-order valence-electron chi connectivity index (χ1n) is 18.5. The van der Waals surface area contributed by atoms with Crippen molar-refractivity contribution in [1.29, 1.82) is 0 Å². The van der Waals surface area contributed by atoms with Gasteiger partial charge in [0.2, 0.25) is 0 Å². The maximum Gasteiger partial charge on any atom is 0.347 e. The van der Waals surface area contributed by atoms with Crippen molar-refractivity contribution in [3.8, 4) is 33.4 Å². The van der Waals surface area contributed by atoms with Crippen LogP contribution in [-0.4, -0.2) is 46.2 Å². The van der Waals surface area contributed by atoms with Crippen LogP contribution in [0.25, 0.3) is 15.3 Å². The summed E-state index contributed by atoms with van der Waals surface area (Å²) in [6, 6.07) is 23.9. The summed E-state index contributed by atoms with van der Waals surface area (Å²) in [5.74, 6) is -2.01. The quantitative estimate of drug-likeness (QED) is 0.0118. The molecule has 0 fully saturated rings. The molecule has 0 amide bonds. The highest BCUT2D eigenvalue weighted by Crippen LogP contribution is 2.35. The van der Waals surface area contributed by atoms with E-state index in [9.17, 15) is 29.3 Å². The number of unbranched alkanes of at least 4 members (excludes halogenated alkanes) is 1. The second-order valence-electron chi connectivity index (χ2n) is 12.9. The minimum Gasteiger partial charge on any atom is -0.426 e. The second-order valence-corrected chi connectivity index (χ2v) is 17.3. The minimum absolute atomic E-state index is 0.0112. The van der Waals surface area contributed by atoms with E-state index < -0.39 is 29.0 Å². The van der Waals surface area contributed by atoms with Crippen LogP contribution < -0.4 is 18.9 Å². The summed E-state index contributed by atoms with van der Waals surface area (Å²) in [5.41, 5.74) is 1.84. The van der Waals surface area contributed by atoms with E-state index in [1.807, 2.05) is 19.1 Å². The van der Waals surface area contributed by atoms with Gasteiger partial charge in [-0.2, -0.15) is 10.2 Å². The maximum absolute atomic E-state index is 13.6. The molecule has 1 aliphatic rings. The number of nitrogens with zero attached hydrogens (tertiary/aromatic N) is 3. The van der Waals surface area contributed by atoms with Crippen molar-refractivity contribution in [2.45, 2.75) is 39.0 Å². The molecule has 5 aromatic rings. The van der Waals surface area contributed by atoms with Crippen LogP contribution in [0.1, 0.15) is 65.3 Å². The van der Waals surface area contributed by atoms with Gasteiger partial charge in [0.15, 0.2) is 0 Å². The van der Waals surface area contributed by atoms with Crippen LogP contribution >= 0.6 is 56.9 Å². The van der Waals surface area contributed by atoms with E-state index in [2.05, 4.69) is 15.1 Å². The van der Waals surface area contributed by atoms with Crippen LogP contribution in [0.2, 0.25) is 0 Å². The molecule has 6 rings (SSSR count). The molecular weight excluding hydrogens is 883 g/mol. The number of thiocarbonyl (C=S) groups is 1. The summed E-state index contributed by atoms with van der Waals surface area (Å²) in [6.45, 7) is 1.61. The highest BCUT2D eigenvalue weighted by molar-refractivity contribution is 8.10. The topological polar surface area (TPSA) is 182 Å². The highest BCUT2D eigenvalue weighted by atomic mass is 32.9. The molecule has 0 bridgehead atoms. The van der Waals surface area contributed by atoms with Crippen LogP contribution in [-0.2, 0) is 14.4 Å². The Hall–Kier alpha value is -5.99. The fraction of sp³-hybridized carbons (Fsp3) is 0.190. The van der Waals surface area contributed by atoms with Crippen LogP contribution in [0, 0.1) is 13.9 Å². The lowest BCUT2D eigenvalue weighted by atomic mass is 10.1. The minimum atomic E-state index is -0.966. The fourth-order valence-corrected chi connectivity index (χ4v) is 9.09. The summed E-state index contributed by atoms with van der Waals surface area (Å²) >= 11 is 12.1. The van der Waals surface area contributed by atoms with Crippen LogP contribution in [0.15, 0.2) is 107 Å². The van der Waals surface area contributed by atoms with Gasteiger partial charge in [0.05, 0.1) is 18.0 Å². The summed E-state index contributed by atoms with van der Waals surface area (Å²) in [5, 5.41) is 18.0. The van der Waals surface area contributed by atoms with Crippen molar-refractivity contribution < 1.29 is 48.0 Å². The number of ether oxygens (including phenoxy) is 4. The third-order valence-electron chi connectivity index (χ3n) is 8.37. The Kier molecular flexibility index (Phi) is 15.7. The van der Waals surface area contributed by atoms with E-state index in [1.165, 1.54) is 46.7 Å². The third-order valence-corrected chi connectivity index (χ3v) is 12.8. The van der Waals surface area contributed by atoms with Gasteiger partial charge in [0, 0.05) is 33.2 Å². The van der Waals surface area contributed by atoms with E-state index in [-0.39, 0.29) is 71.4 Å². The number of carbonyl (C=O) groups excluding carboxylic acids is 4. The van der Waals surface area contributed by atoms with E-state index in [0.29, 0.717) is 6.42 Å². The van der Waals surface area contributed by atoms with Crippen molar-refractivity contribution in [2.75, 3.05) is 12.4 Å². The molecule has 0 radical (unpaired) electrons. The van der Waals surface area contributed by atoms with E-state index >= 15 is 0 Å². The lowest BCUT2D eigenvalue weighted by molar-refractivity contribution is -0.757. The molecule has 312 valence electrons. The Morgan fingerprint density at radius 3 is 1.72 bits per heavy atom. The van der Waals surface area contributed by atoms with Gasteiger partial charge in [-0.05, 0) is 109 Å². The first kappa shape index (κ1) is 44.6. The predicted octanol–water partition coefficient (Wildman–Crippen LogP) is 11.5. The van der Waals surface area contributed by atoms with Crippen molar-refractivity contribution in [3.05, 3.63) is 128 Å². The van der Waals surface area contributed by atoms with Crippen LogP contribution in [0.4, 0.5) is 11.4 Å². The molecule has 0 spiro atoms. The zero-order valence-corrected chi connectivity index (χ0v) is 36.1. The van der Waals surface area contributed by atoms with Gasteiger partial charge < -0.3 is 23.8 Å². The van der Waals surface area contributed by atoms with Crippen molar-refractivity contribution >= 4 is 102 Å². The van der Waals surface area contributed by atoms with Crippen LogP contribution in [0.5, 0.6) is 23.0 Å². The standard InChI is InChI=1S/C42H33N3O11S5/c1-2-3-5-38(46)55-34-17-11-27(20-32(34)41(48)54-30-15-9-26(10-16-30)37-23-40(58)61-60-37)43-44-28-12-18-35(56-39(47)6-4-19-52-45(50)51)33(21-28)42(49)53-29-13-7-25(8-14-29)36-22-31(57)24-59-36/h7-18,20-23H,2-6,19,24H2,1H3/b44-43+. The van der Waals surface area contributed by atoms with E-state index in [0.717, 1.165) is 41.8 Å². The maximum atomic E-state index is 13.6. The lowest BCUT2D eigenvalue weighted by Gasteiger charge is -2.12. The molecule has 2 heterocycles. The fourth-order valence-electron chi connectivity index (χ4n) is 5.41. The number of thioether (sulfide) groups is 1. The van der Waals surface area contributed by atoms with Crippen molar-refractivity contribution in [3.63, 3.8) is 0 Å². The lowest BCUT2D eigenvalue weighted by Crippen LogP contribution is -2.15. The van der Waals surface area contributed by atoms with Crippen molar-refractivity contribution in [1.82, 2.24) is 0 Å². The number of rotatable bonds is 18. The average molecular weight is 916 g/mol. The smallest absolute Gasteiger partial charge is 0.347 e. The molecule has 1 aromatic heterocycles. The number of azo groups is 1. The van der Waals surface area contributed by atoms with Gasteiger partial charge in [-0.15, -0.1) is 21.9 Å². The van der Waals surface area contributed by atoms with E-state index in [1.54, 1.807) is 70.6 Å². The molecule has 0 unspecified atom stereocenters. The molecule has 1 aliphatic heterocycles. The van der Waals surface area contributed by atoms with Gasteiger partial charge in [-0.25, -0.2) is 9.59 Å². The monoisotopic (exact) mass is 915 g/mol. The Morgan fingerprint density at radius 2 is 1.25 bits per heavy atom. The zero-order chi connectivity index (χ0) is 43.3. The van der Waals surface area contributed by atoms with Gasteiger partial charge in [0.25, 0.3) is 5.09 Å². The first-order chi connectivity index (χ1) is 29.4. The second kappa shape index (κ2) is 21.5. The summed E-state index contributed by atoms with van der Waals surface area (Å²) < 4.78 is 23.1. The molecule has 14 nitrogen and oxygen atoms in total. The summed E-state index contributed by atoms with van der Waals surface area (Å²) in [7, 11) is 3.03. The number of allylic oxidation sites excluding steroid dienone is 1. The van der Waals surface area contributed by atoms with E-state index in [4.69, 9.17) is 43.4 Å². The number of benzene rings is 4. The Labute approximate surface area is 370 Å². The van der Waals surface area contributed by atoms with Crippen molar-refractivity contribution in [2.24, 2.45) is 10.2 Å². The Balaban J connectivity index is 1.24. The summed E-state index contributed by atoms with van der Waals surface area (Å²) in [6.07, 6.45) is 3.18. The SMILES string of the molecule is CCCCC(=O)Oc1ccc(/N=N/c2ccc(OC(=O)CCCO[N+](=O)[O-])c(C(=O)Oc3ccc(C4=CC(=S)CS4)cc3)c2)cc1C(=O)Oc1ccc(-c2cc(=S)ss2)cc1. The molecule has 0 saturated heterocycles. The molecular formula is C42H33N3O11S5. The van der Waals surface area contributed by atoms with Crippen LogP contribution in [0.3, 0.4) is 0 Å². The Bertz CT molecular complexity index is 2590. The summed E-state index contributed by atoms with van der Waals surface area (Å²) in [4.78, 5) is 70.0. The molecule has 0 atom stereocenters. The first-order valence-corrected chi connectivity index (χ1v) is 22.4. The highest BCUT2D eigenvalue weighted by Gasteiger charge is 2.22. The largest absolute Gasteiger partial charge is 0.426 e. The number of hydrogen-bond donors (Lipinski definition) is 0. The number of carbonyl (C=O) groups is 4. The molecule has 0 aliphatic carbocycles. The van der Waals surface area contributed by atoms with Gasteiger partial charge in [-0.3, -0.25) is 9.59 Å². The predicted molar refractivity (Wildman–Crippen MR) is 238 cm³/mol. The van der Waals surface area contributed by atoms with Gasteiger partial charge in [0.1, 0.15) is 37.9 Å². The van der Waals surface area contributed by atoms with Gasteiger partial charge >= 0.3 is 23.9 Å². The normalized spacial score (nSPS) is 12.1. The zero-order valence-electron chi connectivity index (χ0n) is 32.1. The Morgan fingerprint density at radius 1 is 0.705 bits per heavy atom. The molecule has 19 heteroatoms. The average Bonchev–Trinajstić information content (AvgIpc) is 3.89. The number of hydrogen-bond acceptors (Lipinski definition) is 18. The molecule has 0 saturated carbocycles.